The second kappa shape index (κ2) is 6.74. The van der Waals surface area contributed by atoms with Crippen molar-refractivity contribution in [1.82, 2.24) is 15.0 Å². The summed E-state index contributed by atoms with van der Waals surface area (Å²) < 4.78 is 18.6. The van der Waals surface area contributed by atoms with Crippen molar-refractivity contribution in [3.05, 3.63) is 36.4 Å². The predicted octanol–water partition coefficient (Wildman–Crippen LogP) is 1.68. The van der Waals surface area contributed by atoms with Crippen molar-refractivity contribution in [3.8, 4) is 11.4 Å². The number of esters is 1. The van der Waals surface area contributed by atoms with Crippen LogP contribution in [0.5, 0.6) is 0 Å². The topological polar surface area (TPSA) is 68.2 Å². The molecule has 0 radical (unpaired) electrons. The second-order valence-electron chi connectivity index (χ2n) is 4.24. The number of carbonyl (C=O) groups excluding carboxylic acids is 1. The molecule has 6 nitrogen and oxygen atoms in total. The first-order chi connectivity index (χ1) is 10.1. The highest BCUT2D eigenvalue weighted by Gasteiger charge is 2.13. The summed E-state index contributed by atoms with van der Waals surface area (Å²) in [7, 11) is 1.66. The number of nitrogens with zero attached hydrogens (tertiary/aromatic N) is 4. The van der Waals surface area contributed by atoms with Crippen LogP contribution in [0.15, 0.2) is 30.6 Å². The van der Waals surface area contributed by atoms with E-state index in [2.05, 4.69) is 15.0 Å². The first kappa shape index (κ1) is 14.8. The maximum atomic E-state index is 13.7. The maximum absolute atomic E-state index is 13.7. The van der Waals surface area contributed by atoms with Gasteiger partial charge in [-0.05, 0) is 25.1 Å². The van der Waals surface area contributed by atoms with Crippen molar-refractivity contribution in [2.75, 3.05) is 25.1 Å². The van der Waals surface area contributed by atoms with Gasteiger partial charge in [-0.2, -0.15) is 0 Å². The number of likely N-dealkylation sites (N-methyl/N-ethyl adjacent to an activating group) is 1. The van der Waals surface area contributed by atoms with Gasteiger partial charge in [0.1, 0.15) is 12.2 Å². The molecule has 2 heterocycles. The average Bonchev–Trinajstić information content (AvgIpc) is 2.48. The van der Waals surface area contributed by atoms with Gasteiger partial charge in [-0.25, -0.2) is 14.4 Å². The van der Waals surface area contributed by atoms with Crippen molar-refractivity contribution in [2.24, 2.45) is 0 Å². The SMILES string of the molecule is CCOC(=O)CN(C)c1nccc(-c2ncccc2F)n1. The van der Waals surface area contributed by atoms with E-state index in [0.29, 0.717) is 18.2 Å². The van der Waals surface area contributed by atoms with E-state index in [0.717, 1.165) is 0 Å². The summed E-state index contributed by atoms with van der Waals surface area (Å²) in [5.41, 5.74) is 0.500. The molecule has 0 aliphatic carbocycles. The Labute approximate surface area is 121 Å². The van der Waals surface area contributed by atoms with Gasteiger partial charge in [0.2, 0.25) is 5.95 Å². The Bertz CT molecular complexity index is 636. The van der Waals surface area contributed by atoms with E-state index >= 15 is 0 Å². The average molecular weight is 290 g/mol. The van der Waals surface area contributed by atoms with E-state index in [1.807, 2.05) is 0 Å². The summed E-state index contributed by atoms with van der Waals surface area (Å²) in [5, 5.41) is 0. The zero-order valence-electron chi connectivity index (χ0n) is 11.8. The van der Waals surface area contributed by atoms with Gasteiger partial charge in [-0.1, -0.05) is 0 Å². The molecule has 0 unspecified atom stereocenters. The van der Waals surface area contributed by atoms with Crippen molar-refractivity contribution in [1.29, 1.82) is 0 Å². The van der Waals surface area contributed by atoms with Gasteiger partial charge in [0, 0.05) is 19.4 Å². The van der Waals surface area contributed by atoms with Crippen LogP contribution in [0.4, 0.5) is 10.3 Å². The lowest BCUT2D eigenvalue weighted by atomic mass is 10.2. The molecule has 7 heteroatoms. The number of pyridine rings is 1. The third-order valence-corrected chi connectivity index (χ3v) is 2.66. The van der Waals surface area contributed by atoms with E-state index in [9.17, 15) is 9.18 Å². The minimum atomic E-state index is -0.463. The van der Waals surface area contributed by atoms with Crippen LogP contribution in [0.3, 0.4) is 0 Å². The fourth-order valence-electron chi connectivity index (χ4n) is 1.71. The summed E-state index contributed by atoms with van der Waals surface area (Å²) >= 11 is 0. The summed E-state index contributed by atoms with van der Waals surface area (Å²) in [5.74, 6) is -0.543. The largest absolute Gasteiger partial charge is 0.465 e. The van der Waals surface area contributed by atoms with Gasteiger partial charge in [0.25, 0.3) is 0 Å². The summed E-state index contributed by atoms with van der Waals surface area (Å²) in [6, 6.07) is 4.38. The molecule has 0 aromatic carbocycles. The quantitative estimate of drug-likeness (QED) is 0.780. The fraction of sp³-hybridized carbons (Fsp3) is 0.286. The lowest BCUT2D eigenvalue weighted by Crippen LogP contribution is -2.28. The number of carbonyl (C=O) groups is 1. The summed E-state index contributed by atoms with van der Waals surface area (Å²) in [4.78, 5) is 25.2. The normalized spacial score (nSPS) is 10.2. The second-order valence-corrected chi connectivity index (χ2v) is 4.24. The third kappa shape index (κ3) is 3.71. The predicted molar refractivity (Wildman–Crippen MR) is 75.1 cm³/mol. The number of anilines is 1. The Hall–Kier alpha value is -2.57. The van der Waals surface area contributed by atoms with Gasteiger partial charge in [0.15, 0.2) is 5.82 Å². The Balaban J connectivity index is 2.22. The van der Waals surface area contributed by atoms with Crippen LogP contribution in [0.25, 0.3) is 11.4 Å². The third-order valence-electron chi connectivity index (χ3n) is 2.66. The molecule has 0 aliphatic rings. The lowest BCUT2D eigenvalue weighted by molar-refractivity contribution is -0.141. The standard InChI is InChI=1S/C14H15FN4O2/c1-3-21-12(20)9-19(2)14-17-8-6-11(18-14)13-10(15)5-4-7-16-13/h4-8H,3,9H2,1-2H3. The molecule has 0 atom stereocenters. The fourth-order valence-corrected chi connectivity index (χ4v) is 1.71. The van der Waals surface area contributed by atoms with Gasteiger partial charge >= 0.3 is 5.97 Å². The van der Waals surface area contributed by atoms with Crippen molar-refractivity contribution >= 4 is 11.9 Å². The highest BCUT2D eigenvalue weighted by atomic mass is 19.1. The van der Waals surface area contributed by atoms with Crippen molar-refractivity contribution in [2.45, 2.75) is 6.92 Å². The summed E-state index contributed by atoms with van der Waals surface area (Å²) in [6.45, 7) is 2.06. The van der Waals surface area contributed by atoms with Crippen LogP contribution >= 0.6 is 0 Å². The monoisotopic (exact) mass is 290 g/mol. The zero-order chi connectivity index (χ0) is 15.2. The highest BCUT2D eigenvalue weighted by Crippen LogP contribution is 2.19. The van der Waals surface area contributed by atoms with Crippen LogP contribution in [0.2, 0.25) is 0 Å². The number of halogens is 1. The molecule has 0 amide bonds. The maximum Gasteiger partial charge on any atom is 0.325 e. The number of hydrogen-bond donors (Lipinski definition) is 0. The lowest BCUT2D eigenvalue weighted by Gasteiger charge is -2.16. The molecule has 0 N–H and O–H groups in total. The van der Waals surface area contributed by atoms with Gasteiger partial charge in [-0.3, -0.25) is 9.78 Å². The Morgan fingerprint density at radius 1 is 1.33 bits per heavy atom. The van der Waals surface area contributed by atoms with E-state index in [4.69, 9.17) is 4.74 Å². The minimum Gasteiger partial charge on any atom is -0.465 e. The number of rotatable bonds is 5. The zero-order valence-corrected chi connectivity index (χ0v) is 11.8. The molecular formula is C14H15FN4O2. The van der Waals surface area contributed by atoms with Gasteiger partial charge < -0.3 is 9.64 Å². The van der Waals surface area contributed by atoms with Crippen LogP contribution in [0, 0.1) is 5.82 Å². The molecule has 0 saturated carbocycles. The first-order valence-corrected chi connectivity index (χ1v) is 6.42. The molecular weight excluding hydrogens is 275 g/mol. The van der Waals surface area contributed by atoms with Crippen molar-refractivity contribution in [3.63, 3.8) is 0 Å². The van der Waals surface area contributed by atoms with E-state index < -0.39 is 5.82 Å². The van der Waals surface area contributed by atoms with Gasteiger partial charge in [0.05, 0.1) is 12.3 Å². The number of ether oxygens (including phenoxy) is 1. The van der Waals surface area contributed by atoms with E-state index in [1.54, 1.807) is 20.0 Å². The molecule has 21 heavy (non-hydrogen) atoms. The number of hydrogen-bond acceptors (Lipinski definition) is 6. The Morgan fingerprint density at radius 2 is 2.14 bits per heavy atom. The molecule has 2 aromatic heterocycles. The number of aromatic nitrogens is 3. The van der Waals surface area contributed by atoms with Crippen LogP contribution < -0.4 is 4.90 Å². The molecule has 2 aromatic rings. The summed E-state index contributed by atoms with van der Waals surface area (Å²) in [6.07, 6.45) is 2.98. The first-order valence-electron chi connectivity index (χ1n) is 6.42. The molecule has 0 fully saturated rings. The molecule has 0 aliphatic heterocycles. The van der Waals surface area contributed by atoms with Crippen LogP contribution in [0.1, 0.15) is 6.92 Å². The molecule has 2 rings (SSSR count). The minimum absolute atomic E-state index is 0.0159. The molecule has 0 spiro atoms. The molecule has 0 saturated heterocycles. The molecule has 110 valence electrons. The molecule has 0 bridgehead atoms. The highest BCUT2D eigenvalue weighted by molar-refractivity contribution is 5.74. The smallest absolute Gasteiger partial charge is 0.325 e. The Morgan fingerprint density at radius 3 is 2.86 bits per heavy atom. The van der Waals surface area contributed by atoms with Crippen LogP contribution in [-0.4, -0.2) is 41.1 Å². The van der Waals surface area contributed by atoms with Gasteiger partial charge in [-0.15, -0.1) is 0 Å². The van der Waals surface area contributed by atoms with Crippen molar-refractivity contribution < 1.29 is 13.9 Å². The Kier molecular flexibility index (Phi) is 4.76. The van der Waals surface area contributed by atoms with E-state index in [-0.39, 0.29) is 18.2 Å². The van der Waals surface area contributed by atoms with E-state index in [1.165, 1.54) is 29.4 Å². The van der Waals surface area contributed by atoms with Crippen LogP contribution in [-0.2, 0) is 9.53 Å².